The molecule has 0 saturated heterocycles. The van der Waals surface area contributed by atoms with Crippen LogP contribution in [-0.4, -0.2) is 17.4 Å². The molecule has 2 amide bonds. The second-order valence-corrected chi connectivity index (χ2v) is 3.79. The van der Waals surface area contributed by atoms with Crippen LogP contribution < -0.4 is 11.2 Å². The van der Waals surface area contributed by atoms with Gasteiger partial charge in [0.25, 0.3) is 0 Å². The maximum absolute atomic E-state index is 10.4. The maximum atomic E-state index is 10.4. The van der Waals surface area contributed by atoms with E-state index in [9.17, 15) is 9.90 Å². The van der Waals surface area contributed by atoms with Crippen molar-refractivity contribution >= 4 is 12.2 Å². The molecule has 1 saturated carbocycles. The van der Waals surface area contributed by atoms with Crippen LogP contribution in [0.3, 0.4) is 0 Å². The van der Waals surface area contributed by atoms with E-state index in [1.807, 2.05) is 12.1 Å². The van der Waals surface area contributed by atoms with E-state index in [4.69, 9.17) is 5.73 Å². The lowest BCUT2D eigenvalue weighted by Crippen LogP contribution is -2.24. The first-order chi connectivity index (χ1) is 7.68. The average Bonchev–Trinajstić information content (AvgIpc) is 3.04. The van der Waals surface area contributed by atoms with Crippen molar-refractivity contribution in [3.8, 4) is 5.75 Å². The van der Waals surface area contributed by atoms with E-state index in [1.54, 1.807) is 6.07 Å². The van der Waals surface area contributed by atoms with E-state index in [0.717, 1.165) is 18.4 Å². The summed E-state index contributed by atoms with van der Waals surface area (Å²) < 4.78 is 0. The summed E-state index contributed by atoms with van der Waals surface area (Å²) in [5.74, 6) is 0.706. The van der Waals surface area contributed by atoms with Crippen molar-refractivity contribution in [2.24, 2.45) is 10.8 Å². The highest BCUT2D eigenvalue weighted by atomic mass is 16.3. The fraction of sp³-hybridized carbons (Fsp3) is 0.273. The van der Waals surface area contributed by atoms with Crippen LogP contribution in [0.15, 0.2) is 23.3 Å². The second-order valence-electron chi connectivity index (χ2n) is 3.79. The van der Waals surface area contributed by atoms with Gasteiger partial charge in [-0.1, -0.05) is 12.1 Å². The average molecular weight is 219 g/mol. The van der Waals surface area contributed by atoms with E-state index in [1.165, 1.54) is 6.21 Å². The molecule has 5 nitrogen and oxygen atoms in total. The molecule has 1 fully saturated rings. The van der Waals surface area contributed by atoms with Crippen LogP contribution in [0.5, 0.6) is 5.75 Å². The molecule has 0 aliphatic heterocycles. The van der Waals surface area contributed by atoms with Gasteiger partial charge in [0.05, 0.1) is 6.21 Å². The number of phenols is 1. The summed E-state index contributed by atoms with van der Waals surface area (Å²) in [7, 11) is 0. The van der Waals surface area contributed by atoms with Gasteiger partial charge >= 0.3 is 6.03 Å². The van der Waals surface area contributed by atoms with Crippen LogP contribution in [-0.2, 0) is 0 Å². The Balaban J connectivity index is 2.17. The first kappa shape index (κ1) is 10.5. The fourth-order valence-corrected chi connectivity index (χ4v) is 1.57. The second kappa shape index (κ2) is 4.22. The maximum Gasteiger partial charge on any atom is 0.332 e. The number of nitrogens with one attached hydrogen (secondary N) is 1. The Morgan fingerprint density at radius 1 is 1.56 bits per heavy atom. The van der Waals surface area contributed by atoms with Crippen molar-refractivity contribution in [3.63, 3.8) is 0 Å². The van der Waals surface area contributed by atoms with E-state index in [2.05, 4.69) is 10.5 Å². The molecule has 0 aromatic heterocycles. The Bertz CT molecular complexity index is 439. The smallest absolute Gasteiger partial charge is 0.332 e. The van der Waals surface area contributed by atoms with Crippen molar-refractivity contribution in [2.45, 2.75) is 18.8 Å². The van der Waals surface area contributed by atoms with Crippen molar-refractivity contribution in [3.05, 3.63) is 29.3 Å². The summed E-state index contributed by atoms with van der Waals surface area (Å²) in [5, 5.41) is 13.5. The topological polar surface area (TPSA) is 87.7 Å². The summed E-state index contributed by atoms with van der Waals surface area (Å²) in [6.45, 7) is 0. The lowest BCUT2D eigenvalue weighted by molar-refractivity contribution is 0.249. The number of benzene rings is 1. The van der Waals surface area contributed by atoms with Crippen LogP contribution in [0, 0.1) is 0 Å². The standard InChI is InChI=1S/C11H13N3O2/c12-11(16)14-13-6-8-2-1-3-9(10(8)15)7-4-5-7/h1-3,6-7,15H,4-5H2,(H3,12,14,16). The molecule has 0 bridgehead atoms. The van der Waals surface area contributed by atoms with Gasteiger partial charge in [-0.2, -0.15) is 5.10 Å². The zero-order chi connectivity index (χ0) is 11.5. The Labute approximate surface area is 93.0 Å². The summed E-state index contributed by atoms with van der Waals surface area (Å²) in [5.41, 5.74) is 8.47. The minimum Gasteiger partial charge on any atom is -0.507 e. The summed E-state index contributed by atoms with van der Waals surface area (Å²) in [4.78, 5) is 10.4. The van der Waals surface area contributed by atoms with E-state index >= 15 is 0 Å². The van der Waals surface area contributed by atoms with Crippen LogP contribution >= 0.6 is 0 Å². The molecule has 16 heavy (non-hydrogen) atoms. The van der Waals surface area contributed by atoms with Gasteiger partial charge in [-0.05, 0) is 30.4 Å². The lowest BCUT2D eigenvalue weighted by Gasteiger charge is -2.04. The number of carbonyl (C=O) groups excluding carboxylic acids is 1. The molecule has 0 atom stereocenters. The number of hydrogen-bond acceptors (Lipinski definition) is 3. The number of phenolic OH excluding ortho intramolecular Hbond substituents is 1. The Hall–Kier alpha value is -2.04. The molecule has 0 radical (unpaired) electrons. The summed E-state index contributed by atoms with van der Waals surface area (Å²) in [6.07, 6.45) is 3.62. The van der Waals surface area contributed by atoms with Crippen molar-refractivity contribution in [1.29, 1.82) is 0 Å². The number of carbonyl (C=O) groups is 1. The number of hydrazone groups is 1. The molecule has 1 aliphatic rings. The minimum atomic E-state index is -0.728. The molecular formula is C11H13N3O2. The third-order valence-corrected chi connectivity index (χ3v) is 2.49. The van der Waals surface area contributed by atoms with E-state index in [0.29, 0.717) is 11.5 Å². The largest absolute Gasteiger partial charge is 0.507 e. The molecule has 1 aliphatic carbocycles. The van der Waals surface area contributed by atoms with Gasteiger partial charge in [-0.25, -0.2) is 10.2 Å². The van der Waals surface area contributed by atoms with Gasteiger partial charge in [-0.3, -0.25) is 0 Å². The fourth-order valence-electron chi connectivity index (χ4n) is 1.57. The highest BCUT2D eigenvalue weighted by Crippen LogP contribution is 2.44. The summed E-state index contributed by atoms with van der Waals surface area (Å²) in [6, 6.07) is 4.77. The van der Waals surface area contributed by atoms with Gasteiger partial charge < -0.3 is 10.8 Å². The third kappa shape index (κ3) is 2.31. The normalized spacial score (nSPS) is 15.2. The molecule has 2 rings (SSSR count). The van der Waals surface area contributed by atoms with Crippen LogP contribution in [0.1, 0.15) is 29.9 Å². The Morgan fingerprint density at radius 3 is 2.94 bits per heavy atom. The molecule has 84 valence electrons. The highest BCUT2D eigenvalue weighted by molar-refractivity contribution is 5.85. The quantitative estimate of drug-likeness (QED) is 0.528. The van der Waals surface area contributed by atoms with Crippen molar-refractivity contribution in [2.75, 3.05) is 0 Å². The summed E-state index contributed by atoms with van der Waals surface area (Å²) >= 11 is 0. The van der Waals surface area contributed by atoms with Crippen molar-refractivity contribution < 1.29 is 9.90 Å². The molecule has 1 aromatic carbocycles. The van der Waals surface area contributed by atoms with Gasteiger partial charge in [0, 0.05) is 5.56 Å². The number of aromatic hydroxyl groups is 1. The third-order valence-electron chi connectivity index (χ3n) is 2.49. The molecule has 0 heterocycles. The van der Waals surface area contributed by atoms with E-state index < -0.39 is 6.03 Å². The van der Waals surface area contributed by atoms with Crippen LogP contribution in [0.4, 0.5) is 4.79 Å². The predicted molar refractivity (Wildman–Crippen MR) is 60.4 cm³/mol. The van der Waals surface area contributed by atoms with E-state index in [-0.39, 0.29) is 5.75 Å². The minimum absolute atomic E-state index is 0.236. The number of primary amides is 1. The number of nitrogens with zero attached hydrogens (tertiary/aromatic N) is 1. The van der Waals surface area contributed by atoms with Gasteiger partial charge in [-0.15, -0.1) is 0 Å². The number of amides is 2. The first-order valence-electron chi connectivity index (χ1n) is 5.09. The number of para-hydroxylation sites is 1. The molecular weight excluding hydrogens is 206 g/mol. The molecule has 0 spiro atoms. The molecule has 0 unspecified atom stereocenters. The zero-order valence-corrected chi connectivity index (χ0v) is 8.68. The molecule has 4 N–H and O–H groups in total. The number of urea groups is 1. The monoisotopic (exact) mass is 219 g/mol. The van der Waals surface area contributed by atoms with Crippen molar-refractivity contribution in [1.82, 2.24) is 5.43 Å². The molecule has 1 aromatic rings. The highest BCUT2D eigenvalue weighted by Gasteiger charge is 2.26. The number of rotatable bonds is 3. The molecule has 5 heteroatoms. The Morgan fingerprint density at radius 2 is 2.31 bits per heavy atom. The van der Waals surface area contributed by atoms with Gasteiger partial charge in [0.15, 0.2) is 0 Å². The van der Waals surface area contributed by atoms with Gasteiger partial charge in [0.1, 0.15) is 5.75 Å². The van der Waals surface area contributed by atoms with Gasteiger partial charge in [0.2, 0.25) is 0 Å². The number of hydrogen-bond donors (Lipinski definition) is 3. The lowest BCUT2D eigenvalue weighted by atomic mass is 10.1. The SMILES string of the molecule is NC(=O)NN=Cc1cccc(C2CC2)c1O. The first-order valence-corrected chi connectivity index (χ1v) is 5.09. The zero-order valence-electron chi connectivity index (χ0n) is 8.68. The number of nitrogens with two attached hydrogens (primary N) is 1. The predicted octanol–water partition coefficient (Wildman–Crippen LogP) is 1.27. The van der Waals surface area contributed by atoms with Crippen LogP contribution in [0.25, 0.3) is 0 Å². The Kier molecular flexibility index (Phi) is 2.76. The van der Waals surface area contributed by atoms with Crippen LogP contribution in [0.2, 0.25) is 0 Å².